The molecule has 1 amide bonds. The molecule has 0 saturated carbocycles. The minimum absolute atomic E-state index is 0.231. The van der Waals surface area contributed by atoms with Gasteiger partial charge in [-0.05, 0) is 6.92 Å². The molecule has 1 aliphatic rings. The van der Waals surface area contributed by atoms with Crippen LogP contribution in [0.2, 0.25) is 0 Å². The Morgan fingerprint density at radius 1 is 1.65 bits per heavy atom. The van der Waals surface area contributed by atoms with Gasteiger partial charge >= 0.3 is 6.09 Å². The van der Waals surface area contributed by atoms with Crippen LogP contribution < -0.4 is 5.73 Å². The molecule has 0 radical (unpaired) electrons. The number of aromatic nitrogens is 3. The Bertz CT molecular complexity index is 386. The zero-order valence-corrected chi connectivity index (χ0v) is 9.87. The highest BCUT2D eigenvalue weighted by Crippen LogP contribution is 2.18. The van der Waals surface area contributed by atoms with Crippen LogP contribution in [-0.4, -0.2) is 45.7 Å². The van der Waals surface area contributed by atoms with Gasteiger partial charge in [-0.2, -0.15) is 0 Å². The number of carbonyl (C=O) groups excluding carboxylic acids is 1. The van der Waals surface area contributed by atoms with E-state index in [9.17, 15) is 4.79 Å². The lowest BCUT2D eigenvalue weighted by Crippen LogP contribution is -2.51. The fourth-order valence-electron chi connectivity index (χ4n) is 1.84. The lowest BCUT2D eigenvalue weighted by Gasteiger charge is -2.37. The number of rotatable bonds is 4. The number of amides is 1. The summed E-state index contributed by atoms with van der Waals surface area (Å²) in [6.45, 7) is 4.83. The van der Waals surface area contributed by atoms with Crippen molar-refractivity contribution in [1.29, 1.82) is 0 Å². The van der Waals surface area contributed by atoms with E-state index in [0.29, 0.717) is 19.1 Å². The maximum absolute atomic E-state index is 11.3. The summed E-state index contributed by atoms with van der Waals surface area (Å²) in [6.07, 6.45) is 1.61. The predicted octanol–water partition coefficient (Wildman–Crippen LogP) is -0.175. The van der Waals surface area contributed by atoms with Crippen LogP contribution in [0, 0.1) is 5.92 Å². The molecule has 1 aliphatic heterocycles. The third-order valence-electron chi connectivity index (χ3n) is 2.72. The Morgan fingerprint density at radius 3 is 3.00 bits per heavy atom. The van der Waals surface area contributed by atoms with Crippen molar-refractivity contribution in [2.45, 2.75) is 20.0 Å². The number of likely N-dealkylation sites (tertiary alicyclic amines) is 1. The van der Waals surface area contributed by atoms with Crippen LogP contribution in [0.15, 0.2) is 6.20 Å². The predicted molar refractivity (Wildman–Crippen MR) is 60.0 cm³/mol. The van der Waals surface area contributed by atoms with E-state index in [1.54, 1.807) is 16.5 Å². The van der Waals surface area contributed by atoms with Crippen LogP contribution in [0.25, 0.3) is 0 Å². The average Bonchev–Trinajstić information content (AvgIpc) is 2.70. The Hall–Kier alpha value is -1.63. The molecule has 1 aromatic heterocycles. The van der Waals surface area contributed by atoms with Crippen molar-refractivity contribution in [2.24, 2.45) is 11.7 Å². The lowest BCUT2D eigenvalue weighted by atomic mass is 10.0. The molecule has 0 aromatic carbocycles. The number of hydrogen-bond donors (Lipinski definition) is 1. The third-order valence-corrected chi connectivity index (χ3v) is 2.72. The molecule has 7 heteroatoms. The summed E-state index contributed by atoms with van der Waals surface area (Å²) < 4.78 is 6.67. The van der Waals surface area contributed by atoms with Crippen LogP contribution >= 0.6 is 0 Å². The Labute approximate surface area is 99.5 Å². The molecule has 0 bridgehead atoms. The minimum Gasteiger partial charge on any atom is -0.450 e. The molecule has 94 valence electrons. The quantitative estimate of drug-likeness (QED) is 0.788. The normalized spacial score (nSPS) is 15.8. The van der Waals surface area contributed by atoms with E-state index in [0.717, 1.165) is 25.3 Å². The molecular formula is C10H17N5O2. The van der Waals surface area contributed by atoms with Gasteiger partial charge in [-0.25, -0.2) is 4.79 Å². The molecule has 0 unspecified atom stereocenters. The van der Waals surface area contributed by atoms with Gasteiger partial charge in [0.05, 0.1) is 12.3 Å². The maximum Gasteiger partial charge on any atom is 0.409 e. The van der Waals surface area contributed by atoms with Crippen molar-refractivity contribution in [1.82, 2.24) is 19.9 Å². The van der Waals surface area contributed by atoms with E-state index in [2.05, 4.69) is 10.3 Å². The standard InChI is InChI=1S/C10H17N5O2/c1-2-17-10(16)14-4-8(5-14)6-15-7-9(3-11)12-13-15/h7-8H,2-6,11H2,1H3. The summed E-state index contributed by atoms with van der Waals surface area (Å²) in [5.74, 6) is 0.423. The van der Waals surface area contributed by atoms with Gasteiger partial charge < -0.3 is 15.4 Å². The number of hydrogen-bond acceptors (Lipinski definition) is 5. The first-order valence-corrected chi connectivity index (χ1v) is 5.73. The SMILES string of the molecule is CCOC(=O)N1CC(Cn2cc(CN)nn2)C1. The zero-order valence-electron chi connectivity index (χ0n) is 9.87. The molecule has 1 aromatic rings. The van der Waals surface area contributed by atoms with Crippen LogP contribution in [0.3, 0.4) is 0 Å². The first-order valence-electron chi connectivity index (χ1n) is 5.73. The lowest BCUT2D eigenvalue weighted by molar-refractivity contribution is 0.0503. The topological polar surface area (TPSA) is 86.3 Å². The van der Waals surface area contributed by atoms with Crippen LogP contribution in [0.1, 0.15) is 12.6 Å². The van der Waals surface area contributed by atoms with Crippen molar-refractivity contribution in [2.75, 3.05) is 19.7 Å². The Morgan fingerprint density at radius 2 is 2.41 bits per heavy atom. The molecule has 0 atom stereocenters. The highest BCUT2D eigenvalue weighted by atomic mass is 16.6. The number of nitrogens with two attached hydrogens (primary N) is 1. The minimum atomic E-state index is -0.231. The van der Waals surface area contributed by atoms with Gasteiger partial charge in [0.15, 0.2) is 0 Å². The molecule has 0 spiro atoms. The van der Waals surface area contributed by atoms with Crippen molar-refractivity contribution >= 4 is 6.09 Å². The first-order chi connectivity index (χ1) is 8.22. The van der Waals surface area contributed by atoms with Crippen LogP contribution in [-0.2, 0) is 17.8 Å². The summed E-state index contributed by atoms with van der Waals surface area (Å²) in [5, 5.41) is 7.88. The summed E-state index contributed by atoms with van der Waals surface area (Å²) in [7, 11) is 0. The van der Waals surface area contributed by atoms with Crippen molar-refractivity contribution in [3.8, 4) is 0 Å². The maximum atomic E-state index is 11.3. The van der Waals surface area contributed by atoms with E-state index in [1.807, 2.05) is 6.20 Å². The van der Waals surface area contributed by atoms with Gasteiger partial charge in [0, 0.05) is 38.3 Å². The fourth-order valence-corrected chi connectivity index (χ4v) is 1.84. The summed E-state index contributed by atoms with van der Waals surface area (Å²) in [5.41, 5.74) is 6.23. The number of ether oxygens (including phenoxy) is 1. The number of nitrogens with zero attached hydrogens (tertiary/aromatic N) is 4. The second kappa shape index (κ2) is 5.13. The third kappa shape index (κ3) is 2.73. The zero-order chi connectivity index (χ0) is 12.3. The van der Waals surface area contributed by atoms with E-state index < -0.39 is 0 Å². The van der Waals surface area contributed by atoms with Crippen molar-refractivity contribution in [3.05, 3.63) is 11.9 Å². The van der Waals surface area contributed by atoms with E-state index >= 15 is 0 Å². The molecule has 7 nitrogen and oxygen atoms in total. The second-order valence-corrected chi connectivity index (χ2v) is 4.11. The van der Waals surface area contributed by atoms with Crippen molar-refractivity contribution < 1.29 is 9.53 Å². The van der Waals surface area contributed by atoms with Gasteiger partial charge in [0.1, 0.15) is 0 Å². The summed E-state index contributed by atoms with van der Waals surface area (Å²) in [6, 6.07) is 0. The first kappa shape index (κ1) is 11.8. The van der Waals surface area contributed by atoms with Gasteiger partial charge in [0.25, 0.3) is 0 Å². The summed E-state index contributed by atoms with van der Waals surface area (Å²) >= 11 is 0. The van der Waals surface area contributed by atoms with Crippen LogP contribution in [0.4, 0.5) is 4.79 Å². The molecule has 0 aliphatic carbocycles. The molecule has 2 N–H and O–H groups in total. The van der Waals surface area contributed by atoms with E-state index in [-0.39, 0.29) is 6.09 Å². The number of carbonyl (C=O) groups is 1. The fraction of sp³-hybridized carbons (Fsp3) is 0.700. The molecular weight excluding hydrogens is 222 g/mol. The average molecular weight is 239 g/mol. The van der Waals surface area contributed by atoms with Crippen molar-refractivity contribution in [3.63, 3.8) is 0 Å². The smallest absolute Gasteiger partial charge is 0.409 e. The van der Waals surface area contributed by atoms with Gasteiger partial charge in [-0.3, -0.25) is 4.68 Å². The molecule has 2 heterocycles. The summed E-state index contributed by atoms with van der Waals surface area (Å²) in [4.78, 5) is 13.0. The highest BCUT2D eigenvalue weighted by molar-refractivity contribution is 5.68. The Balaban J connectivity index is 1.75. The second-order valence-electron chi connectivity index (χ2n) is 4.11. The molecule has 1 saturated heterocycles. The Kier molecular flexibility index (Phi) is 3.58. The van der Waals surface area contributed by atoms with Gasteiger partial charge in [0.2, 0.25) is 0 Å². The molecule has 17 heavy (non-hydrogen) atoms. The molecule has 2 rings (SSSR count). The molecule has 1 fully saturated rings. The van der Waals surface area contributed by atoms with Gasteiger partial charge in [-0.1, -0.05) is 5.21 Å². The monoisotopic (exact) mass is 239 g/mol. The highest BCUT2D eigenvalue weighted by Gasteiger charge is 2.31. The van der Waals surface area contributed by atoms with Crippen LogP contribution in [0.5, 0.6) is 0 Å². The van der Waals surface area contributed by atoms with Gasteiger partial charge in [-0.15, -0.1) is 5.10 Å². The van der Waals surface area contributed by atoms with E-state index in [1.165, 1.54) is 0 Å². The van der Waals surface area contributed by atoms with E-state index in [4.69, 9.17) is 10.5 Å². The largest absolute Gasteiger partial charge is 0.450 e.